The molecule has 3 fully saturated rings. The van der Waals surface area contributed by atoms with Crippen LogP contribution in [0.4, 0.5) is 16.2 Å². The first-order valence-electron chi connectivity index (χ1n) is 12.0. The lowest BCUT2D eigenvalue weighted by molar-refractivity contribution is 0.0243. The number of amides is 1. The van der Waals surface area contributed by atoms with Crippen LogP contribution in [-0.4, -0.2) is 67.3 Å². The monoisotopic (exact) mass is 428 g/mol. The molecule has 0 radical (unpaired) electrons. The van der Waals surface area contributed by atoms with E-state index >= 15 is 0 Å². The molecule has 0 unspecified atom stereocenters. The van der Waals surface area contributed by atoms with Crippen molar-refractivity contribution in [3.63, 3.8) is 0 Å². The van der Waals surface area contributed by atoms with Gasteiger partial charge in [0, 0.05) is 44.1 Å². The highest BCUT2D eigenvalue weighted by atomic mass is 16.6. The van der Waals surface area contributed by atoms with Gasteiger partial charge in [0.2, 0.25) is 0 Å². The summed E-state index contributed by atoms with van der Waals surface area (Å²) in [5.74, 6) is 0.793. The zero-order chi connectivity index (χ0) is 22.1. The lowest BCUT2D eigenvalue weighted by Gasteiger charge is -2.42. The van der Waals surface area contributed by atoms with Crippen molar-refractivity contribution >= 4 is 17.5 Å². The number of carbonyl (C=O) groups excluding carboxylic acids is 1. The minimum absolute atomic E-state index is 0.139. The summed E-state index contributed by atoms with van der Waals surface area (Å²) in [6.07, 6.45) is 5.92. The highest BCUT2D eigenvalue weighted by Gasteiger charge is 2.43. The summed E-state index contributed by atoms with van der Waals surface area (Å²) in [4.78, 5) is 19.5. The molecule has 4 rings (SSSR count). The topological polar surface area (TPSA) is 62.0 Å². The van der Waals surface area contributed by atoms with Gasteiger partial charge in [0.25, 0.3) is 0 Å². The Labute approximate surface area is 187 Å². The molecule has 0 aromatic heterocycles. The molecule has 1 aromatic carbocycles. The van der Waals surface area contributed by atoms with E-state index in [0.717, 1.165) is 44.2 Å². The SMILES string of the molecule is CC(C)(C)OC(=O)N1CCC2(CCN(CC3CCN(c4ccc(N)cc4)CC3)CC2)C1. The van der Waals surface area contributed by atoms with E-state index in [2.05, 4.69) is 21.9 Å². The molecular formula is C25H40N4O2. The standard InChI is InChI=1S/C25H40N4O2/c1-24(2,3)31-23(30)29-17-12-25(19-29)10-15-27(16-11-25)18-20-8-13-28(14-9-20)22-6-4-21(26)5-7-22/h4-7,20H,8-19,26H2,1-3H3. The van der Waals surface area contributed by atoms with Crippen molar-refractivity contribution in [3.8, 4) is 0 Å². The number of carbonyl (C=O) groups is 1. The van der Waals surface area contributed by atoms with Gasteiger partial charge < -0.3 is 25.2 Å². The Hall–Kier alpha value is -1.95. The van der Waals surface area contributed by atoms with Gasteiger partial charge in [-0.2, -0.15) is 0 Å². The smallest absolute Gasteiger partial charge is 0.410 e. The van der Waals surface area contributed by atoms with Gasteiger partial charge in [-0.3, -0.25) is 0 Å². The number of rotatable bonds is 3. The average molecular weight is 429 g/mol. The number of benzene rings is 1. The fourth-order valence-corrected chi connectivity index (χ4v) is 5.46. The second-order valence-electron chi connectivity index (χ2n) is 11.0. The number of hydrogen-bond donors (Lipinski definition) is 1. The molecule has 172 valence electrons. The van der Waals surface area contributed by atoms with Crippen LogP contribution < -0.4 is 10.6 Å². The molecule has 1 spiro atoms. The second kappa shape index (κ2) is 8.89. The number of nitrogen functional groups attached to an aromatic ring is 1. The zero-order valence-corrected chi connectivity index (χ0v) is 19.6. The van der Waals surface area contributed by atoms with Crippen LogP contribution in [0.2, 0.25) is 0 Å². The number of nitrogens with two attached hydrogens (primary N) is 1. The van der Waals surface area contributed by atoms with Gasteiger partial charge in [-0.05, 0) is 102 Å². The molecule has 0 bridgehead atoms. The first-order valence-corrected chi connectivity index (χ1v) is 12.0. The van der Waals surface area contributed by atoms with E-state index in [9.17, 15) is 4.79 Å². The Morgan fingerprint density at radius 3 is 2.26 bits per heavy atom. The lowest BCUT2D eigenvalue weighted by atomic mass is 9.77. The van der Waals surface area contributed by atoms with E-state index in [1.165, 1.54) is 51.0 Å². The molecule has 6 nitrogen and oxygen atoms in total. The third-order valence-electron chi connectivity index (χ3n) is 7.40. The summed E-state index contributed by atoms with van der Waals surface area (Å²) < 4.78 is 5.59. The van der Waals surface area contributed by atoms with Crippen LogP contribution in [0.15, 0.2) is 24.3 Å². The van der Waals surface area contributed by atoms with Crippen molar-refractivity contribution in [2.75, 3.05) is 56.4 Å². The molecule has 0 atom stereocenters. The number of piperidine rings is 2. The Balaban J connectivity index is 1.20. The van der Waals surface area contributed by atoms with Crippen LogP contribution in [0.5, 0.6) is 0 Å². The Morgan fingerprint density at radius 2 is 1.65 bits per heavy atom. The van der Waals surface area contributed by atoms with Gasteiger partial charge in [-0.25, -0.2) is 4.79 Å². The van der Waals surface area contributed by atoms with Crippen molar-refractivity contribution in [2.45, 2.75) is 58.5 Å². The van der Waals surface area contributed by atoms with E-state index in [1.807, 2.05) is 37.8 Å². The Morgan fingerprint density at radius 1 is 1.03 bits per heavy atom. The molecule has 6 heteroatoms. The molecule has 0 saturated carbocycles. The van der Waals surface area contributed by atoms with Crippen LogP contribution in [0, 0.1) is 11.3 Å². The van der Waals surface area contributed by atoms with Crippen LogP contribution >= 0.6 is 0 Å². The van der Waals surface area contributed by atoms with Gasteiger partial charge in [0.15, 0.2) is 0 Å². The zero-order valence-electron chi connectivity index (χ0n) is 19.6. The van der Waals surface area contributed by atoms with Crippen molar-refractivity contribution in [3.05, 3.63) is 24.3 Å². The largest absolute Gasteiger partial charge is 0.444 e. The third kappa shape index (κ3) is 5.65. The third-order valence-corrected chi connectivity index (χ3v) is 7.40. The molecule has 3 aliphatic heterocycles. The summed E-state index contributed by atoms with van der Waals surface area (Å²) in [6.45, 7) is 13.4. The first kappa shape index (κ1) is 22.3. The number of hydrogen-bond acceptors (Lipinski definition) is 5. The predicted molar refractivity (Wildman–Crippen MR) is 126 cm³/mol. The molecule has 1 aromatic rings. The normalized spacial score (nSPS) is 22.8. The summed E-state index contributed by atoms with van der Waals surface area (Å²) in [6, 6.07) is 8.28. The maximum atomic E-state index is 12.4. The maximum absolute atomic E-state index is 12.4. The second-order valence-corrected chi connectivity index (χ2v) is 11.0. The van der Waals surface area contributed by atoms with Crippen LogP contribution in [0.3, 0.4) is 0 Å². The molecule has 1 amide bonds. The fourth-order valence-electron chi connectivity index (χ4n) is 5.46. The van der Waals surface area contributed by atoms with Crippen LogP contribution in [0.25, 0.3) is 0 Å². The molecule has 3 saturated heterocycles. The maximum Gasteiger partial charge on any atom is 0.410 e. The van der Waals surface area contributed by atoms with Gasteiger partial charge >= 0.3 is 6.09 Å². The van der Waals surface area contributed by atoms with Crippen molar-refractivity contribution in [2.24, 2.45) is 11.3 Å². The summed E-state index contributed by atoms with van der Waals surface area (Å²) in [5.41, 5.74) is 7.84. The summed E-state index contributed by atoms with van der Waals surface area (Å²) in [5, 5.41) is 0. The van der Waals surface area contributed by atoms with Gasteiger partial charge in [0.1, 0.15) is 5.60 Å². The predicted octanol–water partition coefficient (Wildman–Crippen LogP) is 4.21. The summed E-state index contributed by atoms with van der Waals surface area (Å²) in [7, 11) is 0. The quantitative estimate of drug-likeness (QED) is 0.731. The molecule has 2 N–H and O–H groups in total. The van der Waals surface area contributed by atoms with Gasteiger partial charge in [-0.1, -0.05) is 0 Å². The van der Waals surface area contributed by atoms with Crippen molar-refractivity contribution < 1.29 is 9.53 Å². The van der Waals surface area contributed by atoms with E-state index in [4.69, 9.17) is 10.5 Å². The Bertz CT molecular complexity index is 742. The van der Waals surface area contributed by atoms with E-state index in [-0.39, 0.29) is 6.09 Å². The molecule has 31 heavy (non-hydrogen) atoms. The molecule has 0 aliphatic carbocycles. The number of anilines is 2. The van der Waals surface area contributed by atoms with E-state index < -0.39 is 5.60 Å². The highest BCUT2D eigenvalue weighted by Crippen LogP contribution is 2.41. The number of ether oxygens (including phenoxy) is 1. The lowest BCUT2D eigenvalue weighted by Crippen LogP contribution is -2.45. The van der Waals surface area contributed by atoms with Crippen molar-refractivity contribution in [1.82, 2.24) is 9.80 Å². The average Bonchev–Trinajstić information content (AvgIpc) is 3.14. The molecule has 3 aliphatic rings. The van der Waals surface area contributed by atoms with Gasteiger partial charge in [0.05, 0.1) is 0 Å². The minimum atomic E-state index is -0.417. The van der Waals surface area contributed by atoms with Crippen LogP contribution in [0.1, 0.15) is 52.9 Å². The Kier molecular flexibility index (Phi) is 6.38. The fraction of sp³-hybridized carbons (Fsp3) is 0.720. The minimum Gasteiger partial charge on any atom is -0.444 e. The van der Waals surface area contributed by atoms with Crippen molar-refractivity contribution in [1.29, 1.82) is 0 Å². The number of likely N-dealkylation sites (tertiary alicyclic amines) is 2. The van der Waals surface area contributed by atoms with E-state index in [0.29, 0.717) is 5.41 Å². The summed E-state index contributed by atoms with van der Waals surface area (Å²) >= 11 is 0. The highest BCUT2D eigenvalue weighted by molar-refractivity contribution is 5.68. The number of nitrogens with zero attached hydrogens (tertiary/aromatic N) is 3. The van der Waals surface area contributed by atoms with E-state index in [1.54, 1.807) is 0 Å². The first-order chi connectivity index (χ1) is 14.7. The van der Waals surface area contributed by atoms with Crippen LogP contribution in [-0.2, 0) is 4.74 Å². The molecular weight excluding hydrogens is 388 g/mol. The van der Waals surface area contributed by atoms with Gasteiger partial charge in [-0.15, -0.1) is 0 Å². The molecule has 3 heterocycles.